The maximum Gasteiger partial charge on any atom is 0.224 e. The van der Waals surface area contributed by atoms with Crippen LogP contribution < -0.4 is 9.64 Å². The van der Waals surface area contributed by atoms with Gasteiger partial charge in [-0.1, -0.05) is 6.07 Å². The average Bonchev–Trinajstić information content (AvgIpc) is 2.17. The highest BCUT2D eigenvalue weighted by Crippen LogP contribution is 2.34. The van der Waals surface area contributed by atoms with Gasteiger partial charge in [0.15, 0.2) is 0 Å². The topological polar surface area (TPSA) is 29.5 Å². The van der Waals surface area contributed by atoms with E-state index in [9.17, 15) is 4.79 Å². The summed E-state index contributed by atoms with van der Waals surface area (Å²) in [6.07, 6.45) is 0.0594. The molecule has 1 amide bonds. The Morgan fingerprint density at radius 1 is 1.53 bits per heavy atom. The number of hydrogen-bond donors (Lipinski definition) is 0. The summed E-state index contributed by atoms with van der Waals surface area (Å²) in [5.41, 5.74) is 2.03. The van der Waals surface area contributed by atoms with Crippen LogP contribution in [-0.2, 0) is 4.79 Å². The van der Waals surface area contributed by atoms with Crippen molar-refractivity contribution in [3.05, 3.63) is 23.8 Å². The molecule has 0 aromatic heterocycles. The van der Waals surface area contributed by atoms with Gasteiger partial charge in [-0.2, -0.15) is 0 Å². The number of rotatable bonds is 0. The number of nitrogens with zero attached hydrogens (tertiary/aromatic N) is 1. The van der Waals surface area contributed by atoms with Gasteiger partial charge in [0.1, 0.15) is 11.9 Å². The van der Waals surface area contributed by atoms with Crippen LogP contribution in [0.25, 0.3) is 0 Å². The van der Waals surface area contributed by atoms with E-state index < -0.39 is 0 Å². The fourth-order valence-electron chi connectivity index (χ4n) is 1.85. The molecule has 1 aliphatic rings. The molecule has 1 aliphatic heterocycles. The van der Waals surface area contributed by atoms with Crippen LogP contribution in [0.5, 0.6) is 5.75 Å². The summed E-state index contributed by atoms with van der Waals surface area (Å²) in [5.74, 6) is 0.867. The molecule has 0 fully saturated rings. The first-order chi connectivity index (χ1) is 7.08. The van der Waals surface area contributed by atoms with Crippen LogP contribution in [0.15, 0.2) is 18.2 Å². The SMILES string of the molecule is CC(=O)N1C[C@H](C)Oc2ccc(C)cc21. The molecule has 0 bridgehead atoms. The minimum Gasteiger partial charge on any atom is -0.487 e. The van der Waals surface area contributed by atoms with Gasteiger partial charge >= 0.3 is 0 Å². The molecule has 15 heavy (non-hydrogen) atoms. The zero-order valence-corrected chi connectivity index (χ0v) is 9.28. The van der Waals surface area contributed by atoms with E-state index in [0.717, 1.165) is 17.0 Å². The lowest BCUT2D eigenvalue weighted by Crippen LogP contribution is -2.41. The molecular weight excluding hydrogens is 190 g/mol. The Morgan fingerprint density at radius 3 is 2.93 bits per heavy atom. The Labute approximate surface area is 89.7 Å². The molecule has 1 aromatic rings. The molecule has 0 aliphatic carbocycles. The number of fused-ring (bicyclic) bond motifs is 1. The highest BCUT2D eigenvalue weighted by molar-refractivity contribution is 5.93. The minimum absolute atomic E-state index is 0.0594. The van der Waals surface area contributed by atoms with Crippen LogP contribution in [-0.4, -0.2) is 18.6 Å². The molecule has 1 atom stereocenters. The van der Waals surface area contributed by atoms with Crippen LogP contribution in [0.2, 0.25) is 0 Å². The van der Waals surface area contributed by atoms with E-state index in [-0.39, 0.29) is 12.0 Å². The van der Waals surface area contributed by atoms with Crippen molar-refractivity contribution in [1.82, 2.24) is 0 Å². The molecule has 1 aromatic carbocycles. The number of carbonyl (C=O) groups excluding carboxylic acids is 1. The first-order valence-electron chi connectivity index (χ1n) is 5.13. The quantitative estimate of drug-likeness (QED) is 0.649. The van der Waals surface area contributed by atoms with Crippen molar-refractivity contribution in [2.24, 2.45) is 0 Å². The molecule has 1 heterocycles. The summed E-state index contributed by atoms with van der Waals surface area (Å²) in [6.45, 7) is 6.20. The smallest absolute Gasteiger partial charge is 0.224 e. The largest absolute Gasteiger partial charge is 0.487 e. The third kappa shape index (κ3) is 1.82. The highest BCUT2D eigenvalue weighted by Gasteiger charge is 2.25. The Kier molecular flexibility index (Phi) is 2.39. The second-order valence-electron chi connectivity index (χ2n) is 4.03. The van der Waals surface area contributed by atoms with Crippen molar-refractivity contribution >= 4 is 11.6 Å². The van der Waals surface area contributed by atoms with Crippen molar-refractivity contribution in [2.45, 2.75) is 26.9 Å². The minimum atomic E-state index is 0.0594. The van der Waals surface area contributed by atoms with E-state index in [0.29, 0.717) is 6.54 Å². The molecule has 0 spiro atoms. The number of aryl methyl sites for hydroxylation is 1. The molecule has 0 radical (unpaired) electrons. The normalized spacial score (nSPS) is 19.4. The molecular formula is C12H15NO2. The number of carbonyl (C=O) groups is 1. The van der Waals surface area contributed by atoms with Crippen molar-refractivity contribution < 1.29 is 9.53 Å². The number of anilines is 1. The third-order valence-electron chi connectivity index (χ3n) is 2.55. The number of benzene rings is 1. The first-order valence-corrected chi connectivity index (χ1v) is 5.13. The number of ether oxygens (including phenoxy) is 1. The van der Waals surface area contributed by atoms with Gasteiger partial charge in [-0.05, 0) is 31.5 Å². The van der Waals surface area contributed by atoms with Gasteiger partial charge in [-0.15, -0.1) is 0 Å². The van der Waals surface area contributed by atoms with E-state index in [4.69, 9.17) is 4.74 Å². The summed E-state index contributed by atoms with van der Waals surface area (Å²) in [5, 5.41) is 0. The average molecular weight is 205 g/mol. The standard InChI is InChI=1S/C12H15NO2/c1-8-4-5-12-11(6-8)13(10(3)14)7-9(2)15-12/h4-6,9H,7H2,1-3H3/t9-/m0/s1. The molecule has 80 valence electrons. The first kappa shape index (κ1) is 10.0. The van der Waals surface area contributed by atoms with E-state index in [1.165, 1.54) is 0 Å². The van der Waals surface area contributed by atoms with Crippen LogP contribution in [0.3, 0.4) is 0 Å². The highest BCUT2D eigenvalue weighted by atomic mass is 16.5. The molecule has 0 N–H and O–H groups in total. The predicted octanol–water partition coefficient (Wildman–Crippen LogP) is 2.13. The van der Waals surface area contributed by atoms with Crippen LogP contribution in [0, 0.1) is 6.92 Å². The van der Waals surface area contributed by atoms with Crippen molar-refractivity contribution in [2.75, 3.05) is 11.4 Å². The Hall–Kier alpha value is -1.51. The van der Waals surface area contributed by atoms with E-state index in [1.54, 1.807) is 11.8 Å². The van der Waals surface area contributed by atoms with E-state index in [2.05, 4.69) is 0 Å². The van der Waals surface area contributed by atoms with Crippen molar-refractivity contribution in [3.63, 3.8) is 0 Å². The van der Waals surface area contributed by atoms with Gasteiger partial charge < -0.3 is 9.64 Å². The van der Waals surface area contributed by atoms with E-state index in [1.807, 2.05) is 32.0 Å². The van der Waals surface area contributed by atoms with Gasteiger partial charge in [0.25, 0.3) is 0 Å². The van der Waals surface area contributed by atoms with Crippen LogP contribution in [0.1, 0.15) is 19.4 Å². The zero-order chi connectivity index (χ0) is 11.0. The Balaban J connectivity index is 2.47. The van der Waals surface area contributed by atoms with Crippen LogP contribution >= 0.6 is 0 Å². The lowest BCUT2D eigenvalue weighted by Gasteiger charge is -2.33. The fraction of sp³-hybridized carbons (Fsp3) is 0.417. The maximum absolute atomic E-state index is 11.5. The Morgan fingerprint density at radius 2 is 2.27 bits per heavy atom. The summed E-state index contributed by atoms with van der Waals surface area (Å²) in [7, 11) is 0. The third-order valence-corrected chi connectivity index (χ3v) is 2.55. The second-order valence-corrected chi connectivity index (χ2v) is 4.03. The van der Waals surface area contributed by atoms with Gasteiger partial charge in [0.05, 0.1) is 12.2 Å². The monoisotopic (exact) mass is 205 g/mol. The number of hydrogen-bond acceptors (Lipinski definition) is 2. The second kappa shape index (κ2) is 3.57. The summed E-state index contributed by atoms with van der Waals surface area (Å²) in [4.78, 5) is 13.3. The maximum atomic E-state index is 11.5. The predicted molar refractivity (Wildman–Crippen MR) is 59.3 cm³/mol. The van der Waals surface area contributed by atoms with E-state index >= 15 is 0 Å². The lowest BCUT2D eigenvalue weighted by atomic mass is 10.1. The summed E-state index contributed by atoms with van der Waals surface area (Å²) < 4.78 is 5.67. The van der Waals surface area contributed by atoms with Gasteiger partial charge in [-0.3, -0.25) is 4.79 Å². The van der Waals surface area contributed by atoms with Gasteiger partial charge in [0, 0.05) is 6.92 Å². The van der Waals surface area contributed by atoms with Crippen LogP contribution in [0.4, 0.5) is 5.69 Å². The Bertz CT molecular complexity index is 401. The van der Waals surface area contributed by atoms with Gasteiger partial charge in [0.2, 0.25) is 5.91 Å². The number of amides is 1. The van der Waals surface area contributed by atoms with Crippen molar-refractivity contribution in [1.29, 1.82) is 0 Å². The molecule has 3 heteroatoms. The summed E-state index contributed by atoms with van der Waals surface area (Å²) >= 11 is 0. The molecule has 0 saturated heterocycles. The molecule has 0 saturated carbocycles. The zero-order valence-electron chi connectivity index (χ0n) is 9.28. The summed E-state index contributed by atoms with van der Waals surface area (Å²) in [6, 6.07) is 5.91. The molecule has 0 unspecified atom stereocenters. The van der Waals surface area contributed by atoms with Crippen molar-refractivity contribution in [3.8, 4) is 5.75 Å². The lowest BCUT2D eigenvalue weighted by molar-refractivity contribution is -0.117. The molecule has 2 rings (SSSR count). The molecule has 3 nitrogen and oxygen atoms in total. The fourth-order valence-corrected chi connectivity index (χ4v) is 1.85. The van der Waals surface area contributed by atoms with Gasteiger partial charge in [-0.25, -0.2) is 0 Å².